The molecule has 2 heteroatoms. The van der Waals surface area contributed by atoms with E-state index >= 15 is 0 Å². The van der Waals surface area contributed by atoms with Crippen molar-refractivity contribution in [1.82, 2.24) is 10.2 Å². The van der Waals surface area contributed by atoms with Gasteiger partial charge in [0.2, 0.25) is 0 Å². The van der Waals surface area contributed by atoms with Crippen LogP contribution in [-0.2, 0) is 0 Å². The van der Waals surface area contributed by atoms with Crippen LogP contribution in [0.1, 0.15) is 53.4 Å². The van der Waals surface area contributed by atoms with Crippen molar-refractivity contribution in [2.75, 3.05) is 19.6 Å². The van der Waals surface area contributed by atoms with E-state index in [1.165, 1.54) is 45.3 Å². The van der Waals surface area contributed by atoms with Crippen molar-refractivity contribution in [1.29, 1.82) is 0 Å². The first-order valence-electron chi connectivity index (χ1n) is 7.15. The Hall–Kier alpha value is -0.0800. The van der Waals surface area contributed by atoms with Crippen LogP contribution in [0.3, 0.4) is 0 Å². The molecule has 0 aromatic heterocycles. The zero-order valence-corrected chi connectivity index (χ0v) is 11.6. The monoisotopic (exact) mass is 226 g/mol. The molecule has 0 aromatic rings. The van der Waals surface area contributed by atoms with E-state index in [4.69, 9.17) is 0 Å². The van der Waals surface area contributed by atoms with Crippen LogP contribution in [0.25, 0.3) is 0 Å². The van der Waals surface area contributed by atoms with Crippen molar-refractivity contribution in [2.24, 2.45) is 5.92 Å². The van der Waals surface area contributed by atoms with Gasteiger partial charge < -0.3 is 5.32 Å². The van der Waals surface area contributed by atoms with E-state index in [2.05, 4.69) is 37.9 Å². The Labute approximate surface area is 102 Å². The molecule has 96 valence electrons. The second-order valence-electron chi connectivity index (χ2n) is 5.50. The molecule has 1 heterocycles. The van der Waals surface area contributed by atoms with Gasteiger partial charge in [0.05, 0.1) is 0 Å². The molecule has 0 aliphatic carbocycles. The molecule has 0 spiro atoms. The van der Waals surface area contributed by atoms with E-state index in [1.54, 1.807) is 0 Å². The summed E-state index contributed by atoms with van der Waals surface area (Å²) < 4.78 is 0. The molecule has 1 rings (SSSR count). The van der Waals surface area contributed by atoms with Gasteiger partial charge in [-0.2, -0.15) is 0 Å². The highest BCUT2D eigenvalue weighted by molar-refractivity contribution is 4.84. The largest absolute Gasteiger partial charge is 0.315 e. The molecule has 0 saturated carbocycles. The maximum Gasteiger partial charge on any atom is 0.0226 e. The highest BCUT2D eigenvalue weighted by Crippen LogP contribution is 2.19. The zero-order valence-electron chi connectivity index (χ0n) is 11.6. The fourth-order valence-corrected chi connectivity index (χ4v) is 2.72. The molecule has 1 N–H and O–H groups in total. The number of unbranched alkanes of at least 4 members (excludes halogenated alkanes) is 1. The number of nitrogens with zero attached hydrogens (tertiary/aromatic N) is 1. The van der Waals surface area contributed by atoms with Crippen molar-refractivity contribution < 1.29 is 0 Å². The lowest BCUT2D eigenvalue weighted by Crippen LogP contribution is -2.51. The van der Waals surface area contributed by atoms with Gasteiger partial charge in [-0.1, -0.05) is 27.2 Å². The lowest BCUT2D eigenvalue weighted by atomic mass is 9.95. The standard InChI is InChI=1S/C14H30N2/c1-5-7-8-16(13(4)6-2)14-9-12(3)10-15-11-14/h12-15H,5-11H2,1-4H3. The van der Waals surface area contributed by atoms with Gasteiger partial charge in [-0.15, -0.1) is 0 Å². The van der Waals surface area contributed by atoms with Crippen LogP contribution in [0.2, 0.25) is 0 Å². The first-order chi connectivity index (χ1) is 7.69. The molecule has 2 nitrogen and oxygen atoms in total. The molecule has 0 bridgehead atoms. The van der Waals surface area contributed by atoms with Gasteiger partial charge in [-0.25, -0.2) is 0 Å². The Balaban J connectivity index is 2.52. The molecular formula is C14H30N2. The quantitative estimate of drug-likeness (QED) is 0.749. The second kappa shape index (κ2) is 7.29. The maximum atomic E-state index is 3.58. The van der Waals surface area contributed by atoms with Gasteiger partial charge >= 0.3 is 0 Å². The summed E-state index contributed by atoms with van der Waals surface area (Å²) in [6.07, 6.45) is 5.30. The summed E-state index contributed by atoms with van der Waals surface area (Å²) in [4.78, 5) is 2.74. The van der Waals surface area contributed by atoms with E-state index in [0.29, 0.717) is 0 Å². The summed E-state index contributed by atoms with van der Waals surface area (Å²) in [5.41, 5.74) is 0. The maximum absolute atomic E-state index is 3.58. The zero-order chi connectivity index (χ0) is 12.0. The molecule has 3 unspecified atom stereocenters. The molecule has 16 heavy (non-hydrogen) atoms. The number of hydrogen-bond donors (Lipinski definition) is 1. The Bertz CT molecular complexity index is 182. The summed E-state index contributed by atoms with van der Waals surface area (Å²) in [6, 6.07) is 1.51. The Kier molecular flexibility index (Phi) is 6.37. The average Bonchev–Trinajstić information content (AvgIpc) is 2.29. The lowest BCUT2D eigenvalue weighted by molar-refractivity contribution is 0.101. The van der Waals surface area contributed by atoms with Gasteiger partial charge in [-0.3, -0.25) is 4.90 Å². The van der Waals surface area contributed by atoms with Crippen molar-refractivity contribution >= 4 is 0 Å². The van der Waals surface area contributed by atoms with Crippen LogP contribution >= 0.6 is 0 Å². The molecule has 0 aromatic carbocycles. The molecular weight excluding hydrogens is 196 g/mol. The minimum absolute atomic E-state index is 0.739. The fraction of sp³-hybridized carbons (Fsp3) is 1.00. The Morgan fingerprint density at radius 2 is 2.06 bits per heavy atom. The lowest BCUT2D eigenvalue weighted by Gasteiger charge is -2.40. The number of nitrogens with one attached hydrogen (secondary N) is 1. The summed E-state index contributed by atoms with van der Waals surface area (Å²) in [5.74, 6) is 0.840. The van der Waals surface area contributed by atoms with Crippen LogP contribution in [0, 0.1) is 5.92 Å². The van der Waals surface area contributed by atoms with E-state index in [9.17, 15) is 0 Å². The highest BCUT2D eigenvalue weighted by atomic mass is 15.2. The van der Waals surface area contributed by atoms with Crippen LogP contribution in [0.15, 0.2) is 0 Å². The van der Waals surface area contributed by atoms with Crippen molar-refractivity contribution in [3.05, 3.63) is 0 Å². The third kappa shape index (κ3) is 4.06. The van der Waals surface area contributed by atoms with Crippen LogP contribution in [0.5, 0.6) is 0 Å². The Morgan fingerprint density at radius 3 is 2.62 bits per heavy atom. The second-order valence-corrected chi connectivity index (χ2v) is 5.50. The number of rotatable bonds is 6. The first-order valence-corrected chi connectivity index (χ1v) is 7.15. The first kappa shape index (κ1) is 14.0. The van der Waals surface area contributed by atoms with E-state index in [1.807, 2.05) is 0 Å². The normalized spacial score (nSPS) is 28.3. The Morgan fingerprint density at radius 1 is 1.31 bits per heavy atom. The SMILES string of the molecule is CCCCN(C(C)CC)C1CNCC(C)C1. The van der Waals surface area contributed by atoms with Crippen molar-refractivity contribution in [3.8, 4) is 0 Å². The van der Waals surface area contributed by atoms with Gasteiger partial charge in [0, 0.05) is 18.6 Å². The summed E-state index contributed by atoms with van der Waals surface area (Å²) >= 11 is 0. The smallest absolute Gasteiger partial charge is 0.0226 e. The van der Waals surface area contributed by atoms with Crippen molar-refractivity contribution in [2.45, 2.75) is 65.5 Å². The topological polar surface area (TPSA) is 15.3 Å². The van der Waals surface area contributed by atoms with E-state index < -0.39 is 0 Å². The predicted octanol–water partition coefficient (Wildman–Crippen LogP) is 2.89. The molecule has 1 fully saturated rings. The predicted molar refractivity (Wildman–Crippen MR) is 71.8 cm³/mol. The average molecular weight is 226 g/mol. The molecule has 0 radical (unpaired) electrons. The summed E-state index contributed by atoms with van der Waals surface area (Å²) in [7, 11) is 0. The highest BCUT2D eigenvalue weighted by Gasteiger charge is 2.26. The van der Waals surface area contributed by atoms with Gasteiger partial charge in [-0.05, 0) is 45.2 Å². The summed E-state index contributed by atoms with van der Waals surface area (Å²) in [5, 5.41) is 3.58. The number of hydrogen-bond acceptors (Lipinski definition) is 2. The van der Waals surface area contributed by atoms with Crippen molar-refractivity contribution in [3.63, 3.8) is 0 Å². The van der Waals surface area contributed by atoms with E-state index in [-0.39, 0.29) is 0 Å². The molecule has 1 aliphatic rings. The van der Waals surface area contributed by atoms with Crippen LogP contribution in [-0.4, -0.2) is 36.6 Å². The third-order valence-corrected chi connectivity index (χ3v) is 3.94. The van der Waals surface area contributed by atoms with Crippen LogP contribution < -0.4 is 5.32 Å². The molecule has 0 amide bonds. The molecule has 1 saturated heterocycles. The summed E-state index contributed by atoms with van der Waals surface area (Å²) in [6.45, 7) is 13.0. The van der Waals surface area contributed by atoms with Gasteiger partial charge in [0.25, 0.3) is 0 Å². The van der Waals surface area contributed by atoms with Gasteiger partial charge in [0.1, 0.15) is 0 Å². The van der Waals surface area contributed by atoms with Crippen LogP contribution in [0.4, 0.5) is 0 Å². The van der Waals surface area contributed by atoms with E-state index in [0.717, 1.165) is 18.0 Å². The minimum Gasteiger partial charge on any atom is -0.315 e. The molecule has 3 atom stereocenters. The third-order valence-electron chi connectivity index (χ3n) is 3.94. The fourth-order valence-electron chi connectivity index (χ4n) is 2.72. The number of piperidine rings is 1. The van der Waals surface area contributed by atoms with Gasteiger partial charge in [0.15, 0.2) is 0 Å². The molecule has 1 aliphatic heterocycles. The minimum atomic E-state index is 0.739.